The molecular formula is C55H94N4O19. The Morgan fingerprint density at radius 3 is 1.29 bits per heavy atom. The number of carbonyl (C=O) groups excluding carboxylic acids is 7. The second-order valence-electron chi connectivity index (χ2n) is 19.9. The maximum atomic E-state index is 12.5. The first-order chi connectivity index (χ1) is 37.3. The smallest absolute Gasteiger partial charge is 0.326 e. The summed E-state index contributed by atoms with van der Waals surface area (Å²) >= 11 is 0. The van der Waals surface area contributed by atoms with Gasteiger partial charge in [-0.3, -0.25) is 47.9 Å². The summed E-state index contributed by atoms with van der Waals surface area (Å²) < 4.78 is 21.3. The fourth-order valence-electron chi connectivity index (χ4n) is 8.02. The molecule has 0 aromatic heterocycles. The van der Waals surface area contributed by atoms with Crippen molar-refractivity contribution in [2.75, 3.05) is 72.5 Å². The molecule has 78 heavy (non-hydrogen) atoms. The molecule has 0 fully saturated rings. The summed E-state index contributed by atoms with van der Waals surface area (Å²) in [4.78, 5) is 131. The van der Waals surface area contributed by atoms with Gasteiger partial charge in [-0.05, 0) is 51.9 Å². The number of unbranched alkanes of at least 4 members (excludes halogenated alkanes) is 14. The molecule has 0 aliphatic rings. The number of carbonyl (C=O) groups is 11. The van der Waals surface area contributed by atoms with Gasteiger partial charge in [0.1, 0.15) is 30.8 Å². The van der Waals surface area contributed by atoms with E-state index in [1.54, 1.807) is 0 Å². The first-order valence-corrected chi connectivity index (χ1v) is 28.2. The highest BCUT2D eigenvalue weighted by Gasteiger charge is 2.26. The monoisotopic (exact) mass is 1110 g/mol. The Balaban J connectivity index is 3.95. The van der Waals surface area contributed by atoms with Crippen LogP contribution in [0.4, 0.5) is 0 Å². The van der Waals surface area contributed by atoms with Gasteiger partial charge in [-0.2, -0.15) is 0 Å². The molecule has 23 nitrogen and oxygen atoms in total. The molecule has 0 heterocycles. The number of nitrogens with one attached hydrogen (secondary N) is 4. The summed E-state index contributed by atoms with van der Waals surface area (Å²) in [5, 5.41) is 47.6. The van der Waals surface area contributed by atoms with Crippen molar-refractivity contribution in [2.24, 2.45) is 17.8 Å². The van der Waals surface area contributed by atoms with E-state index >= 15 is 0 Å². The van der Waals surface area contributed by atoms with E-state index in [-0.39, 0.29) is 134 Å². The average molecular weight is 1120 g/mol. The predicted octanol–water partition coefficient (Wildman–Crippen LogP) is 5.35. The molecule has 0 rings (SSSR count). The maximum absolute atomic E-state index is 12.5. The van der Waals surface area contributed by atoms with Crippen LogP contribution in [-0.2, 0) is 71.7 Å². The maximum Gasteiger partial charge on any atom is 0.326 e. The molecule has 0 saturated carbocycles. The molecule has 4 amide bonds. The molecule has 0 radical (unpaired) electrons. The van der Waals surface area contributed by atoms with Gasteiger partial charge >= 0.3 is 23.9 Å². The van der Waals surface area contributed by atoms with Crippen LogP contribution < -0.4 is 21.3 Å². The lowest BCUT2D eigenvalue weighted by atomic mass is 9.94. The van der Waals surface area contributed by atoms with Crippen molar-refractivity contribution in [2.45, 2.75) is 193 Å². The van der Waals surface area contributed by atoms with Gasteiger partial charge in [0, 0.05) is 70.5 Å². The zero-order valence-electron chi connectivity index (χ0n) is 46.6. The van der Waals surface area contributed by atoms with Crippen molar-refractivity contribution in [1.82, 2.24) is 21.3 Å². The van der Waals surface area contributed by atoms with Crippen LogP contribution in [0.25, 0.3) is 0 Å². The molecule has 0 unspecified atom stereocenters. The quantitative estimate of drug-likeness (QED) is 0.0356. The fraction of sp³-hybridized carbons (Fsp3) is 0.800. The van der Waals surface area contributed by atoms with Crippen molar-refractivity contribution in [3.8, 4) is 0 Å². The van der Waals surface area contributed by atoms with Crippen molar-refractivity contribution in [3.63, 3.8) is 0 Å². The van der Waals surface area contributed by atoms with Gasteiger partial charge in [-0.25, -0.2) is 4.79 Å². The normalized spacial score (nSPS) is 12.6. The lowest BCUT2D eigenvalue weighted by Crippen LogP contribution is -2.42. The SMILES string of the molecule is CC(=O)[C@@H](C)CCCCNC(=O)CC[C@H](NC(=O)CC[C@H](CC(=O)COCCOCCNC(=O)COCCOCCNC(=O)CC[C@H](CC(=O)CCCCCCCCCCCCCCCCC(=O)O)C(=O)O)C(=O)O)C(=O)O. The number of ether oxygens (including phenoxy) is 4. The van der Waals surface area contributed by atoms with E-state index in [0.717, 1.165) is 57.8 Å². The molecule has 0 bridgehead atoms. The molecule has 0 aromatic rings. The van der Waals surface area contributed by atoms with Crippen molar-refractivity contribution in [3.05, 3.63) is 0 Å². The first kappa shape index (κ1) is 72.6. The zero-order chi connectivity index (χ0) is 58.2. The first-order valence-electron chi connectivity index (χ1n) is 28.2. The van der Waals surface area contributed by atoms with Gasteiger partial charge in [0.15, 0.2) is 5.78 Å². The number of aliphatic carboxylic acids is 4. The summed E-state index contributed by atoms with van der Waals surface area (Å²) in [6.07, 6.45) is 16.2. The summed E-state index contributed by atoms with van der Waals surface area (Å²) in [7, 11) is 0. The van der Waals surface area contributed by atoms with E-state index in [1.807, 2.05) is 6.92 Å². The van der Waals surface area contributed by atoms with Gasteiger partial charge < -0.3 is 60.6 Å². The minimum absolute atomic E-state index is 0.00221. The minimum atomic E-state index is -1.37. The highest BCUT2D eigenvalue weighted by Crippen LogP contribution is 2.18. The third kappa shape index (κ3) is 45.6. The van der Waals surface area contributed by atoms with E-state index in [9.17, 15) is 68.1 Å². The molecule has 8 N–H and O–H groups in total. The van der Waals surface area contributed by atoms with Crippen LogP contribution in [0.2, 0.25) is 0 Å². The second kappa shape index (κ2) is 48.7. The summed E-state index contributed by atoms with van der Waals surface area (Å²) in [5.41, 5.74) is 0. The molecule has 0 aliphatic carbocycles. The van der Waals surface area contributed by atoms with Crippen molar-refractivity contribution < 1.29 is 92.1 Å². The number of carboxylic acids is 4. The minimum Gasteiger partial charge on any atom is -0.481 e. The van der Waals surface area contributed by atoms with Crippen LogP contribution in [0.15, 0.2) is 0 Å². The molecule has 0 aromatic carbocycles. The van der Waals surface area contributed by atoms with Crippen LogP contribution in [0.3, 0.4) is 0 Å². The lowest BCUT2D eigenvalue weighted by molar-refractivity contribution is -0.145. The Morgan fingerprint density at radius 1 is 0.385 bits per heavy atom. The predicted molar refractivity (Wildman–Crippen MR) is 286 cm³/mol. The standard InChI is InChI=1S/C55H94N4O19/c1-41(42(2)60)19-17-18-28-56-49(64)27-24-47(55(73)74)59-50(65)26-23-44(54(71)72)38-46(62)39-77-35-33-76-32-30-58-51(66)40-78-36-34-75-31-29-57-48(63)25-22-43(53(69)70)37-45(61)20-15-13-11-9-7-5-3-4-6-8-10-12-14-16-21-52(67)68/h41,43-44,47H,3-40H2,1-2H3,(H,56,64)(H,57,63)(H,58,66)(H,59,65)(H,67,68)(H,69,70)(H,71,72)(H,73,74)/t41-,43+,44+,47-/m0/s1. The highest BCUT2D eigenvalue weighted by molar-refractivity contribution is 5.87. The number of rotatable bonds is 56. The van der Waals surface area contributed by atoms with Gasteiger partial charge in [0.25, 0.3) is 0 Å². The molecule has 4 atom stereocenters. The largest absolute Gasteiger partial charge is 0.481 e. The van der Waals surface area contributed by atoms with Crippen LogP contribution in [0.1, 0.15) is 187 Å². The number of amides is 4. The Morgan fingerprint density at radius 2 is 0.808 bits per heavy atom. The molecule has 448 valence electrons. The van der Waals surface area contributed by atoms with Crippen LogP contribution in [0, 0.1) is 17.8 Å². The third-order valence-corrected chi connectivity index (χ3v) is 12.9. The van der Waals surface area contributed by atoms with E-state index in [1.165, 1.54) is 45.4 Å². The third-order valence-electron chi connectivity index (χ3n) is 12.9. The van der Waals surface area contributed by atoms with Gasteiger partial charge in [-0.1, -0.05) is 90.4 Å². The van der Waals surface area contributed by atoms with Crippen LogP contribution >= 0.6 is 0 Å². The van der Waals surface area contributed by atoms with E-state index < -0.39 is 78.3 Å². The van der Waals surface area contributed by atoms with Crippen LogP contribution in [0.5, 0.6) is 0 Å². The Hall–Kier alpha value is -5.39. The Bertz CT molecular complexity index is 1760. The second-order valence-corrected chi connectivity index (χ2v) is 19.9. The van der Waals surface area contributed by atoms with E-state index in [2.05, 4.69) is 21.3 Å². The van der Waals surface area contributed by atoms with Gasteiger partial charge in [-0.15, -0.1) is 0 Å². The van der Waals surface area contributed by atoms with Crippen molar-refractivity contribution in [1.29, 1.82) is 0 Å². The number of Topliss-reactive ketones (excluding diaryl/α,β-unsaturated/α-hetero) is 3. The topological polar surface area (TPSA) is 354 Å². The molecule has 23 heteroatoms. The van der Waals surface area contributed by atoms with Crippen LogP contribution in [-0.4, -0.2) is 164 Å². The van der Waals surface area contributed by atoms with E-state index in [0.29, 0.717) is 25.8 Å². The zero-order valence-corrected chi connectivity index (χ0v) is 46.6. The number of hydrogen-bond acceptors (Lipinski definition) is 15. The molecule has 0 saturated heterocycles. The summed E-state index contributed by atoms with van der Waals surface area (Å²) in [5.74, 6) is -9.12. The fourth-order valence-corrected chi connectivity index (χ4v) is 8.02. The number of hydrogen-bond donors (Lipinski definition) is 8. The highest BCUT2D eigenvalue weighted by atomic mass is 16.5. The molecule has 0 spiro atoms. The Kier molecular flexibility index (Phi) is 45.3. The molecular weight excluding hydrogens is 1020 g/mol. The van der Waals surface area contributed by atoms with Crippen molar-refractivity contribution >= 4 is 64.9 Å². The summed E-state index contributed by atoms with van der Waals surface area (Å²) in [6.45, 7) is 4.05. The number of ketones is 3. The van der Waals surface area contributed by atoms with Gasteiger partial charge in [0.2, 0.25) is 23.6 Å². The number of carboxylic acid groups (broad SMARTS) is 4. The van der Waals surface area contributed by atoms with E-state index in [4.69, 9.17) is 24.1 Å². The Labute approximate surface area is 460 Å². The average Bonchev–Trinajstić information content (AvgIpc) is 3.38. The van der Waals surface area contributed by atoms with Gasteiger partial charge in [0.05, 0.1) is 51.5 Å². The molecule has 0 aliphatic heterocycles. The summed E-state index contributed by atoms with van der Waals surface area (Å²) in [6, 6.07) is -1.37. The lowest BCUT2D eigenvalue weighted by Gasteiger charge is -2.16.